The summed E-state index contributed by atoms with van der Waals surface area (Å²) in [6.07, 6.45) is -1.89. The molecule has 4 aromatic heterocycles. The number of aliphatic hydroxyl groups is 1. The van der Waals surface area contributed by atoms with E-state index in [2.05, 4.69) is 30.3 Å². The Bertz CT molecular complexity index is 1780. The molecule has 41 heavy (non-hydrogen) atoms. The largest absolute Gasteiger partial charge is 0.453 e. The first kappa shape index (κ1) is 24.8. The van der Waals surface area contributed by atoms with E-state index in [0.717, 1.165) is 0 Å². The standard InChI is InChI=1S/C26H28F3N7O4S/c1-25(2,39)13-7-16(22-31-12-19(41-22)26(27,28)29)33-21(8-13)34-20-10-17-18(11-30-20)35(3)24(38)36(17)15-6-5-14(9-15)32-23(37)40-4/h7-8,10-12,14-15,39H,5-6,9H2,1-4H3,(H,32,37)(H,30,33,34)/t14-,15-/m1/s1/i3D3. The fraction of sp³-hybridized carbons (Fsp3) is 0.423. The molecule has 2 atom stereocenters. The van der Waals surface area contributed by atoms with Crippen molar-refractivity contribution in [1.82, 2.24) is 29.4 Å². The molecule has 4 heterocycles. The van der Waals surface area contributed by atoms with Crippen molar-refractivity contribution in [3.8, 4) is 10.7 Å². The smallest absolute Gasteiger partial charge is 0.427 e. The SMILES string of the molecule is [2H]C([2H])([2H])n1c(=O)n([C@@H]2CC[C@@H](NC(=O)OC)C2)c2cc(Nc3cc(C(C)(C)O)cc(-c4ncc(C(F)(F)F)s4)n3)ncc21. The lowest BCUT2D eigenvalue weighted by molar-refractivity contribution is -0.134. The Morgan fingerprint density at radius 3 is 2.61 bits per heavy atom. The van der Waals surface area contributed by atoms with Gasteiger partial charge in [-0.15, -0.1) is 11.3 Å². The number of nitrogens with one attached hydrogen (secondary N) is 2. The number of carbonyl (C=O) groups is 1. The number of fused-ring (bicyclic) bond motifs is 1. The Balaban J connectivity index is 1.56. The van der Waals surface area contributed by atoms with Gasteiger partial charge in [0.1, 0.15) is 27.2 Å². The highest BCUT2D eigenvalue weighted by Crippen LogP contribution is 2.38. The molecule has 11 nitrogen and oxygen atoms in total. The van der Waals surface area contributed by atoms with Crippen LogP contribution in [0.15, 0.2) is 35.4 Å². The van der Waals surface area contributed by atoms with E-state index >= 15 is 0 Å². The molecular weight excluding hydrogens is 563 g/mol. The molecule has 0 spiro atoms. The summed E-state index contributed by atoms with van der Waals surface area (Å²) in [4.78, 5) is 36.8. The van der Waals surface area contributed by atoms with Crippen LogP contribution in [0.3, 0.4) is 0 Å². The van der Waals surface area contributed by atoms with Crippen LogP contribution in [0, 0.1) is 0 Å². The molecule has 0 aromatic carbocycles. The molecule has 0 bridgehead atoms. The predicted octanol–water partition coefficient (Wildman–Crippen LogP) is 4.69. The van der Waals surface area contributed by atoms with Crippen LogP contribution in [-0.4, -0.2) is 48.4 Å². The predicted molar refractivity (Wildman–Crippen MR) is 146 cm³/mol. The number of nitrogens with zero attached hydrogens (tertiary/aromatic N) is 5. The Morgan fingerprint density at radius 2 is 1.95 bits per heavy atom. The monoisotopic (exact) mass is 594 g/mol. The van der Waals surface area contributed by atoms with Crippen LogP contribution in [-0.2, 0) is 23.5 Å². The first-order chi connectivity index (χ1) is 20.5. The fourth-order valence-corrected chi connectivity index (χ4v) is 5.54. The van der Waals surface area contributed by atoms with Gasteiger partial charge in [0.05, 0.1) is 36.1 Å². The number of alkyl halides is 3. The van der Waals surface area contributed by atoms with E-state index in [1.165, 1.54) is 49.9 Å². The number of rotatable bonds is 6. The summed E-state index contributed by atoms with van der Waals surface area (Å²) < 4.78 is 70.3. The van der Waals surface area contributed by atoms with E-state index in [-0.39, 0.29) is 39.4 Å². The molecule has 1 fully saturated rings. The normalized spacial score (nSPS) is 19.0. The van der Waals surface area contributed by atoms with E-state index in [4.69, 9.17) is 4.11 Å². The van der Waals surface area contributed by atoms with Crippen molar-refractivity contribution in [3.63, 3.8) is 0 Å². The molecule has 1 amide bonds. The number of alkyl carbamates (subject to hydrolysis) is 1. The van der Waals surface area contributed by atoms with Crippen LogP contribution < -0.4 is 16.3 Å². The van der Waals surface area contributed by atoms with Gasteiger partial charge in [-0.25, -0.2) is 24.5 Å². The van der Waals surface area contributed by atoms with Crippen LogP contribution in [0.2, 0.25) is 0 Å². The Morgan fingerprint density at radius 1 is 1.17 bits per heavy atom. The quantitative estimate of drug-likeness (QED) is 0.293. The number of halogens is 3. The Labute approximate surface area is 240 Å². The summed E-state index contributed by atoms with van der Waals surface area (Å²) in [5, 5.41) is 16.3. The molecule has 0 radical (unpaired) electrons. The van der Waals surface area contributed by atoms with Crippen molar-refractivity contribution in [2.45, 2.75) is 57.0 Å². The van der Waals surface area contributed by atoms with Gasteiger partial charge in [0.25, 0.3) is 0 Å². The van der Waals surface area contributed by atoms with Crippen LogP contribution >= 0.6 is 11.3 Å². The van der Waals surface area contributed by atoms with Crippen molar-refractivity contribution >= 4 is 40.1 Å². The van der Waals surface area contributed by atoms with Gasteiger partial charge in [-0.2, -0.15) is 13.2 Å². The third kappa shape index (κ3) is 5.77. The van der Waals surface area contributed by atoms with Crippen molar-refractivity contribution in [1.29, 1.82) is 0 Å². The summed E-state index contributed by atoms with van der Waals surface area (Å²) in [5.74, 6) is 0.264. The highest BCUT2D eigenvalue weighted by atomic mass is 32.1. The van der Waals surface area contributed by atoms with Gasteiger partial charge in [0.2, 0.25) is 0 Å². The second-order valence-electron chi connectivity index (χ2n) is 10.2. The number of imidazole rings is 1. The highest BCUT2D eigenvalue weighted by Gasteiger charge is 2.34. The number of thiazole rings is 1. The van der Waals surface area contributed by atoms with Crippen LogP contribution in [0.5, 0.6) is 0 Å². The molecule has 0 aliphatic heterocycles. The molecule has 3 N–H and O–H groups in total. The van der Waals surface area contributed by atoms with Gasteiger partial charge in [-0.05, 0) is 50.8 Å². The number of methoxy groups -OCH3 is 1. The second kappa shape index (κ2) is 10.4. The van der Waals surface area contributed by atoms with Gasteiger partial charge in [0, 0.05) is 29.2 Å². The zero-order valence-corrected chi connectivity index (χ0v) is 22.9. The number of anilines is 2. The highest BCUT2D eigenvalue weighted by molar-refractivity contribution is 7.15. The summed E-state index contributed by atoms with van der Waals surface area (Å²) in [6.45, 7) is 0.201. The second-order valence-corrected chi connectivity index (χ2v) is 11.2. The van der Waals surface area contributed by atoms with Crippen molar-refractivity contribution < 1.29 is 31.9 Å². The van der Waals surface area contributed by atoms with E-state index in [9.17, 15) is 27.9 Å². The van der Waals surface area contributed by atoms with Crippen LogP contribution in [0.4, 0.5) is 29.6 Å². The molecular formula is C26H28F3N7O4S. The number of ether oxygens (including phenoxy) is 1. The van der Waals surface area contributed by atoms with Gasteiger partial charge < -0.3 is 20.5 Å². The van der Waals surface area contributed by atoms with Gasteiger partial charge >= 0.3 is 18.0 Å². The minimum absolute atomic E-state index is 0.0187. The van der Waals surface area contributed by atoms with Gasteiger partial charge in [-0.3, -0.25) is 9.13 Å². The molecule has 5 rings (SSSR count). The molecule has 0 unspecified atom stereocenters. The topological polar surface area (TPSA) is 136 Å². The summed E-state index contributed by atoms with van der Waals surface area (Å²) in [7, 11) is 1.24. The molecule has 1 saturated carbocycles. The maximum absolute atomic E-state index is 13.5. The summed E-state index contributed by atoms with van der Waals surface area (Å²) in [6, 6.07) is 3.67. The van der Waals surface area contributed by atoms with E-state index in [0.29, 0.717) is 46.9 Å². The number of aromatic nitrogens is 5. The maximum atomic E-state index is 13.5. The molecule has 218 valence electrons. The van der Waals surface area contributed by atoms with E-state index in [1.54, 1.807) is 0 Å². The van der Waals surface area contributed by atoms with Crippen LogP contribution in [0.25, 0.3) is 21.7 Å². The lowest BCUT2D eigenvalue weighted by atomic mass is 9.98. The first-order valence-corrected chi connectivity index (χ1v) is 13.3. The molecule has 0 saturated heterocycles. The van der Waals surface area contributed by atoms with E-state index in [1.807, 2.05) is 0 Å². The number of hydrogen-bond donors (Lipinski definition) is 3. The minimum atomic E-state index is -4.58. The third-order valence-electron chi connectivity index (χ3n) is 6.83. The number of hydrogen-bond acceptors (Lipinski definition) is 9. The minimum Gasteiger partial charge on any atom is -0.453 e. The maximum Gasteiger partial charge on any atom is 0.427 e. The van der Waals surface area contributed by atoms with Gasteiger partial charge in [-0.1, -0.05) is 0 Å². The number of pyridine rings is 2. The molecule has 1 aliphatic rings. The average molecular weight is 595 g/mol. The van der Waals surface area contributed by atoms with E-state index < -0.39 is 41.5 Å². The number of amides is 1. The first-order valence-electron chi connectivity index (χ1n) is 14.0. The van der Waals surface area contributed by atoms with Crippen molar-refractivity contribution in [3.05, 3.63) is 51.5 Å². The zero-order chi connectivity index (χ0) is 32.2. The summed E-state index contributed by atoms with van der Waals surface area (Å²) in [5.41, 5.74) is -1.43. The Kier molecular flexibility index (Phi) is 6.32. The molecule has 15 heteroatoms. The third-order valence-corrected chi connectivity index (χ3v) is 7.89. The fourth-order valence-electron chi connectivity index (χ4n) is 4.80. The lowest BCUT2D eigenvalue weighted by Crippen LogP contribution is -2.33. The number of aryl methyl sites for hydroxylation is 1. The average Bonchev–Trinajstić information content (AvgIpc) is 3.64. The van der Waals surface area contributed by atoms with Crippen LogP contribution in [0.1, 0.15) is 53.7 Å². The molecule has 4 aromatic rings. The zero-order valence-electron chi connectivity index (χ0n) is 25.1. The van der Waals surface area contributed by atoms with Crippen molar-refractivity contribution in [2.75, 3.05) is 12.4 Å². The van der Waals surface area contributed by atoms with Gasteiger partial charge in [0.15, 0.2) is 0 Å². The molecule has 1 aliphatic carbocycles. The summed E-state index contributed by atoms with van der Waals surface area (Å²) >= 11 is 0.405. The van der Waals surface area contributed by atoms with Crippen molar-refractivity contribution in [2.24, 2.45) is 6.98 Å². The number of carbonyl (C=O) groups excluding carboxylic acids is 1. The Hall–Kier alpha value is -3.98. The lowest BCUT2D eigenvalue weighted by Gasteiger charge is -2.19.